The smallest absolute Gasteiger partial charge is 0.374 e. The summed E-state index contributed by atoms with van der Waals surface area (Å²) in [6, 6.07) is 0. The van der Waals surface area contributed by atoms with Gasteiger partial charge in [-0.05, 0) is 6.92 Å². The maximum Gasteiger partial charge on any atom is 0.374 e. The van der Waals surface area contributed by atoms with Gasteiger partial charge < -0.3 is 19.7 Å². The van der Waals surface area contributed by atoms with Crippen LogP contribution in [0, 0.1) is 0 Å². The van der Waals surface area contributed by atoms with E-state index in [2.05, 4.69) is 9.47 Å². The molecule has 16 heavy (non-hydrogen) atoms. The van der Waals surface area contributed by atoms with Crippen LogP contribution in [-0.2, 0) is 23.9 Å². The third kappa shape index (κ3) is 12.5. The summed E-state index contributed by atoms with van der Waals surface area (Å²) in [6.45, 7) is 2.88. The molecule has 94 valence electrons. The summed E-state index contributed by atoms with van der Waals surface area (Å²) in [6.07, 6.45) is -1.11. The molecular weight excluding hydrogens is 220 g/mol. The molecule has 0 aliphatic carbocycles. The number of ether oxygens (including phenoxy) is 2. The van der Waals surface area contributed by atoms with Crippen LogP contribution >= 0.6 is 0 Å². The van der Waals surface area contributed by atoms with Gasteiger partial charge in [0.05, 0.1) is 13.2 Å². The number of rotatable bonds is 6. The molecule has 1 unspecified atom stereocenters. The number of aliphatic hydroxyl groups excluding tert-OH is 2. The van der Waals surface area contributed by atoms with Crippen molar-refractivity contribution in [2.24, 2.45) is 0 Å². The molecule has 0 bridgehead atoms. The van der Waals surface area contributed by atoms with Crippen molar-refractivity contribution in [3.8, 4) is 0 Å². The minimum absolute atomic E-state index is 0.352. The van der Waals surface area contributed by atoms with Crippen LogP contribution in [-0.4, -0.2) is 54.4 Å². The van der Waals surface area contributed by atoms with Crippen LogP contribution in [0.3, 0.4) is 0 Å². The molecule has 1 atom stereocenters. The Balaban J connectivity index is 0. The van der Waals surface area contributed by atoms with Gasteiger partial charge in [-0.15, -0.1) is 0 Å². The average Bonchev–Trinajstić information content (AvgIpc) is 2.27. The van der Waals surface area contributed by atoms with Crippen LogP contribution in [0.5, 0.6) is 0 Å². The summed E-state index contributed by atoms with van der Waals surface area (Å²) in [5.41, 5.74) is 0. The van der Waals surface area contributed by atoms with Crippen LogP contribution in [0.1, 0.15) is 13.8 Å². The van der Waals surface area contributed by atoms with Crippen molar-refractivity contribution in [1.29, 1.82) is 0 Å². The number of carbonyl (C=O) groups excluding carboxylic acids is 3. The Morgan fingerprint density at radius 1 is 1.44 bits per heavy atom. The van der Waals surface area contributed by atoms with Gasteiger partial charge in [-0.1, -0.05) is 0 Å². The Morgan fingerprint density at radius 2 is 2.00 bits per heavy atom. The highest BCUT2D eigenvalue weighted by atomic mass is 16.5. The third-order valence-electron chi connectivity index (χ3n) is 1.14. The molecule has 7 heteroatoms. The Morgan fingerprint density at radius 3 is 2.25 bits per heavy atom. The number of aliphatic hydroxyl groups is 2. The lowest BCUT2D eigenvalue weighted by Gasteiger charge is -2.05. The van der Waals surface area contributed by atoms with Crippen LogP contribution < -0.4 is 0 Å². The first-order valence-electron chi connectivity index (χ1n) is 4.51. The van der Waals surface area contributed by atoms with Gasteiger partial charge in [0.15, 0.2) is 0 Å². The van der Waals surface area contributed by atoms with Gasteiger partial charge in [-0.2, -0.15) is 0 Å². The normalized spacial score (nSPS) is 10.5. The fourth-order valence-corrected chi connectivity index (χ4v) is 0.394. The molecule has 0 amide bonds. The van der Waals surface area contributed by atoms with Crippen LogP contribution in [0.4, 0.5) is 0 Å². The minimum Gasteiger partial charge on any atom is -0.468 e. The number of carbonyl (C=O) groups is 3. The zero-order valence-corrected chi connectivity index (χ0v) is 9.21. The van der Waals surface area contributed by atoms with Crippen LogP contribution in [0.25, 0.3) is 0 Å². The molecule has 2 N–H and O–H groups in total. The van der Waals surface area contributed by atoms with Gasteiger partial charge in [0.2, 0.25) is 5.78 Å². The van der Waals surface area contributed by atoms with E-state index < -0.39 is 24.5 Å². The first-order chi connectivity index (χ1) is 7.49. The number of esters is 1. The lowest BCUT2D eigenvalue weighted by molar-refractivity contribution is -0.155. The highest BCUT2D eigenvalue weighted by Crippen LogP contribution is 1.85. The number of hydrogen-bond acceptors (Lipinski definition) is 7. The number of hydrogen-bond donors (Lipinski definition) is 2. The summed E-state index contributed by atoms with van der Waals surface area (Å²) in [5, 5.41) is 16.9. The van der Waals surface area contributed by atoms with Crippen molar-refractivity contribution < 1.29 is 34.1 Å². The topological polar surface area (TPSA) is 110 Å². The molecule has 0 heterocycles. The SMILES string of the molecule is CC(=O)C(=O)OCC(O)CO.CCOC=O. The van der Waals surface area contributed by atoms with Crippen molar-refractivity contribution in [3.05, 3.63) is 0 Å². The molecular formula is C9H16O7. The monoisotopic (exact) mass is 236 g/mol. The van der Waals surface area contributed by atoms with E-state index in [4.69, 9.17) is 10.2 Å². The Kier molecular flexibility index (Phi) is 12.3. The predicted octanol–water partition coefficient (Wildman–Crippen LogP) is -1.35. The summed E-state index contributed by atoms with van der Waals surface area (Å²) in [5.74, 6) is -1.73. The zero-order valence-electron chi connectivity index (χ0n) is 9.21. The maximum absolute atomic E-state index is 10.4. The fourth-order valence-electron chi connectivity index (χ4n) is 0.394. The standard InChI is InChI=1S/C6H10O5.C3H6O2/c1-4(8)6(10)11-3-5(9)2-7;1-2-5-3-4/h5,7,9H,2-3H2,1H3;3H,2H2,1H3. The van der Waals surface area contributed by atoms with Gasteiger partial charge >= 0.3 is 5.97 Å². The zero-order chi connectivity index (χ0) is 13.0. The first-order valence-corrected chi connectivity index (χ1v) is 4.51. The average molecular weight is 236 g/mol. The van der Waals surface area contributed by atoms with Crippen molar-refractivity contribution >= 4 is 18.2 Å². The van der Waals surface area contributed by atoms with E-state index in [9.17, 15) is 14.4 Å². The predicted molar refractivity (Wildman–Crippen MR) is 52.4 cm³/mol. The maximum atomic E-state index is 10.4. The van der Waals surface area contributed by atoms with Crippen molar-refractivity contribution in [1.82, 2.24) is 0 Å². The molecule has 0 radical (unpaired) electrons. The Labute approximate surface area is 93.0 Å². The molecule has 7 nitrogen and oxygen atoms in total. The van der Waals surface area contributed by atoms with E-state index >= 15 is 0 Å². The van der Waals surface area contributed by atoms with E-state index in [1.54, 1.807) is 6.92 Å². The van der Waals surface area contributed by atoms with Crippen LogP contribution in [0.15, 0.2) is 0 Å². The second-order valence-corrected chi connectivity index (χ2v) is 2.54. The van der Waals surface area contributed by atoms with E-state index in [-0.39, 0.29) is 6.61 Å². The molecule has 0 fully saturated rings. The van der Waals surface area contributed by atoms with Crippen molar-refractivity contribution in [2.75, 3.05) is 19.8 Å². The van der Waals surface area contributed by atoms with Gasteiger partial charge in [0.1, 0.15) is 12.7 Å². The minimum atomic E-state index is -1.11. The molecule has 0 saturated heterocycles. The molecule has 0 saturated carbocycles. The van der Waals surface area contributed by atoms with Crippen molar-refractivity contribution in [2.45, 2.75) is 20.0 Å². The summed E-state index contributed by atoms with van der Waals surface area (Å²) < 4.78 is 8.41. The van der Waals surface area contributed by atoms with Gasteiger partial charge in [-0.3, -0.25) is 9.59 Å². The molecule has 0 aliphatic heterocycles. The van der Waals surface area contributed by atoms with E-state index in [0.29, 0.717) is 13.1 Å². The van der Waals surface area contributed by atoms with Crippen molar-refractivity contribution in [3.63, 3.8) is 0 Å². The summed E-state index contributed by atoms with van der Waals surface area (Å²) >= 11 is 0. The van der Waals surface area contributed by atoms with E-state index in [1.807, 2.05) is 0 Å². The molecule has 0 aliphatic rings. The van der Waals surface area contributed by atoms with Gasteiger partial charge in [0.25, 0.3) is 6.47 Å². The molecule has 0 aromatic carbocycles. The highest BCUT2D eigenvalue weighted by Gasteiger charge is 2.11. The van der Waals surface area contributed by atoms with Gasteiger partial charge in [0, 0.05) is 6.92 Å². The second kappa shape index (κ2) is 11.6. The molecule has 0 spiro atoms. The Bertz CT molecular complexity index is 214. The summed E-state index contributed by atoms with van der Waals surface area (Å²) in [4.78, 5) is 29.8. The number of ketones is 1. The number of Topliss-reactive ketones (excluding diaryl/α,β-unsaturated/α-hetero) is 1. The third-order valence-corrected chi connectivity index (χ3v) is 1.14. The van der Waals surface area contributed by atoms with E-state index in [0.717, 1.165) is 6.92 Å². The lowest BCUT2D eigenvalue weighted by atomic mass is 10.4. The fraction of sp³-hybridized carbons (Fsp3) is 0.667. The van der Waals surface area contributed by atoms with Gasteiger partial charge in [-0.25, -0.2) is 4.79 Å². The molecule has 0 aromatic rings. The Hall–Kier alpha value is -1.47. The quantitative estimate of drug-likeness (QED) is 0.333. The van der Waals surface area contributed by atoms with Crippen LogP contribution in [0.2, 0.25) is 0 Å². The first kappa shape index (κ1) is 16.9. The molecule has 0 aromatic heterocycles. The lowest BCUT2D eigenvalue weighted by Crippen LogP contribution is -2.24. The van der Waals surface area contributed by atoms with E-state index in [1.165, 1.54) is 0 Å². The second-order valence-electron chi connectivity index (χ2n) is 2.54. The largest absolute Gasteiger partial charge is 0.468 e. The highest BCUT2D eigenvalue weighted by molar-refractivity contribution is 6.32. The molecule has 0 rings (SSSR count). The summed E-state index contributed by atoms with van der Waals surface area (Å²) in [7, 11) is 0.